The van der Waals surface area contributed by atoms with Gasteiger partial charge in [-0.05, 0) is 0 Å². The molecule has 24 heavy (non-hydrogen) atoms. The molecule has 0 amide bonds. The van der Waals surface area contributed by atoms with Gasteiger partial charge in [0.05, 0.1) is 0 Å². The summed E-state index contributed by atoms with van der Waals surface area (Å²) in [5.74, 6) is 0. The Morgan fingerprint density at radius 1 is 0.792 bits per heavy atom. The van der Waals surface area contributed by atoms with Gasteiger partial charge in [-0.1, -0.05) is 0 Å². The van der Waals surface area contributed by atoms with Crippen LogP contribution in [0.5, 0.6) is 0 Å². The van der Waals surface area contributed by atoms with Crippen molar-refractivity contribution in [3.63, 3.8) is 0 Å². The Labute approximate surface area is 206 Å². The molecule has 0 heterocycles. The third-order valence-corrected chi connectivity index (χ3v) is 3.41. The predicted octanol–water partition coefficient (Wildman–Crippen LogP) is 2.26. The molecule has 0 bridgehead atoms. The van der Waals surface area contributed by atoms with Crippen molar-refractivity contribution in [3.8, 4) is 0 Å². The second-order valence-corrected chi connectivity index (χ2v) is 8.07. The molecule has 0 aromatic heterocycles. The first kappa shape index (κ1) is 34.1. The first-order valence-corrected chi connectivity index (χ1v) is 12.3. The molecule has 0 saturated carbocycles. The van der Waals surface area contributed by atoms with E-state index in [-0.39, 0.29) is 51.4 Å². The van der Waals surface area contributed by atoms with Crippen molar-refractivity contribution in [1.29, 1.82) is 0 Å². The van der Waals surface area contributed by atoms with Crippen molar-refractivity contribution in [2.24, 2.45) is 0 Å². The molecule has 0 aliphatic rings. The van der Waals surface area contributed by atoms with Crippen LogP contribution >= 0.6 is 7.82 Å². The number of rotatable bonds is 10. The van der Waals surface area contributed by atoms with Crippen LogP contribution in [0, 0.1) is 0 Å². The molecule has 0 aromatic rings. The molecule has 0 aliphatic heterocycles. The Morgan fingerprint density at radius 3 is 1.21 bits per heavy atom. The van der Waals surface area contributed by atoms with Gasteiger partial charge < -0.3 is 14.7 Å². The number of phosphoric acid groups is 1. The standard InChI is InChI=1S/C12H25.K.Na.H3O4P.H2O4S.H/c1-3-5-7-9-11-12-10-8-6-4-2;;;2*1-5(2,3)4;/h1,3-12H2,2H3;;;(H3,1,2,3,4);(H2,1,2,3,4);. The summed E-state index contributed by atoms with van der Waals surface area (Å²) in [5, 5.41) is 0. The summed E-state index contributed by atoms with van der Waals surface area (Å²) in [6.07, 6.45) is 14.7. The summed E-state index contributed by atoms with van der Waals surface area (Å²) < 4.78 is 42.0. The van der Waals surface area contributed by atoms with Crippen molar-refractivity contribution >= 4 is 97.5 Å². The minimum absolute atomic E-state index is 0. The summed E-state index contributed by atoms with van der Waals surface area (Å²) in [5.41, 5.74) is 0. The molecule has 0 aliphatic carbocycles. The Balaban J connectivity index is -0.000000151. The Morgan fingerprint density at radius 2 is 1.00 bits per heavy atom. The number of unbranched alkanes of at least 4 members (excludes halogenated alkanes) is 9. The van der Waals surface area contributed by atoms with Crippen LogP contribution in [0.2, 0.25) is 3.67 Å². The van der Waals surface area contributed by atoms with E-state index in [0.29, 0.717) is 0 Å². The predicted molar refractivity (Wildman–Crippen MR) is 98.0 cm³/mol. The quantitative estimate of drug-likeness (QED) is 0.154. The maximum absolute atomic E-state index is 8.88. The van der Waals surface area contributed by atoms with Gasteiger partial charge in [0.2, 0.25) is 0 Å². The van der Waals surface area contributed by atoms with Crippen LogP contribution in [0.3, 0.4) is 0 Å². The monoisotopic (exact) mass is 428 g/mol. The van der Waals surface area contributed by atoms with E-state index in [1.54, 1.807) is 0 Å². The van der Waals surface area contributed by atoms with Gasteiger partial charge in [-0.2, -0.15) is 8.42 Å². The molecule has 0 fully saturated rings. The molecule has 140 valence electrons. The van der Waals surface area contributed by atoms with Crippen LogP contribution in [-0.2, 0) is 15.0 Å². The zero-order valence-corrected chi connectivity index (χ0v) is 17.8. The van der Waals surface area contributed by atoms with Crippen LogP contribution in [0.25, 0.3) is 0 Å². The number of hydrogen-bond donors (Lipinski definition) is 5. The van der Waals surface area contributed by atoms with E-state index in [0.717, 1.165) is 0 Å². The third kappa shape index (κ3) is 86.3. The van der Waals surface area contributed by atoms with Crippen LogP contribution in [0.15, 0.2) is 0 Å². The average Bonchev–Trinajstić information content (AvgIpc) is 2.33. The molecule has 0 atom stereocenters. The van der Waals surface area contributed by atoms with Gasteiger partial charge in [0.25, 0.3) is 0 Å². The van der Waals surface area contributed by atoms with E-state index in [1.165, 1.54) is 95.8 Å². The van der Waals surface area contributed by atoms with Gasteiger partial charge in [-0.25, -0.2) is 4.57 Å². The van der Waals surface area contributed by atoms with E-state index in [2.05, 4.69) is 6.92 Å². The van der Waals surface area contributed by atoms with Gasteiger partial charge in [0.1, 0.15) is 0 Å². The molecule has 5 N–H and O–H groups in total. The average molecular weight is 429 g/mol. The van der Waals surface area contributed by atoms with Crippen LogP contribution in [0.1, 0.15) is 71.1 Å². The fourth-order valence-corrected chi connectivity index (χ4v) is 2.24. The molecule has 0 spiro atoms. The Hall–Kier alpha value is 2.62. The summed E-state index contributed by atoms with van der Waals surface area (Å²) >= 11 is 1.41. The molecular weight excluding hydrogens is 397 g/mol. The zero-order chi connectivity index (χ0) is 18.8. The topological polar surface area (TPSA) is 152 Å². The van der Waals surface area contributed by atoms with Crippen LogP contribution < -0.4 is 0 Å². The van der Waals surface area contributed by atoms with E-state index < -0.39 is 18.2 Å². The summed E-state index contributed by atoms with van der Waals surface area (Å²) in [4.78, 5) is 21.6. The van der Waals surface area contributed by atoms with Crippen LogP contribution in [0.4, 0.5) is 0 Å². The second-order valence-electron chi connectivity index (χ2n) is 5.14. The van der Waals surface area contributed by atoms with Crippen molar-refractivity contribution in [2.75, 3.05) is 0 Å². The molecule has 0 radical (unpaired) electrons. The molecule has 0 unspecified atom stereocenters. The first-order valence-electron chi connectivity index (χ1n) is 7.90. The third-order valence-electron chi connectivity index (χ3n) is 2.71. The molecular formula is C12H31KNaO8PS. The normalized spacial score (nSPS) is 10.7. The fraction of sp³-hybridized carbons (Fsp3) is 1.00. The van der Waals surface area contributed by atoms with Crippen molar-refractivity contribution in [3.05, 3.63) is 0 Å². The minimum atomic E-state index is -4.67. The van der Waals surface area contributed by atoms with E-state index >= 15 is 0 Å². The summed E-state index contributed by atoms with van der Waals surface area (Å²) in [6, 6.07) is 0. The van der Waals surface area contributed by atoms with E-state index in [9.17, 15) is 0 Å². The van der Waals surface area contributed by atoms with Crippen LogP contribution in [-0.4, -0.2) is 112 Å². The summed E-state index contributed by atoms with van der Waals surface area (Å²) in [7, 11) is -9.31. The van der Waals surface area contributed by atoms with Gasteiger partial charge in [0, 0.05) is 0 Å². The SMILES string of the molecule is CCCCCCCCCCC[CH2][Na].O=P(O)(O)O.O=S(=O)(O)O.[KH]. The first-order chi connectivity index (χ1) is 10.4. The van der Waals surface area contributed by atoms with Gasteiger partial charge in [-0.3, -0.25) is 9.11 Å². The van der Waals surface area contributed by atoms with Crippen molar-refractivity contribution < 1.29 is 36.8 Å². The molecule has 12 heteroatoms. The van der Waals surface area contributed by atoms with E-state index in [4.69, 9.17) is 36.8 Å². The molecule has 0 rings (SSSR count). The molecule has 8 nitrogen and oxygen atoms in total. The van der Waals surface area contributed by atoms with Crippen molar-refractivity contribution in [2.45, 2.75) is 74.8 Å². The Kier molecular flexibility index (Phi) is 33.7. The van der Waals surface area contributed by atoms with Gasteiger partial charge in [-0.15, -0.1) is 0 Å². The maximum atomic E-state index is 8.88. The summed E-state index contributed by atoms with van der Waals surface area (Å²) in [6.45, 7) is 2.29. The molecule has 0 aromatic carbocycles. The van der Waals surface area contributed by atoms with Gasteiger partial charge >= 0.3 is 172 Å². The Bertz CT molecular complexity index is 351. The van der Waals surface area contributed by atoms with Gasteiger partial charge in [0.15, 0.2) is 0 Å². The van der Waals surface area contributed by atoms with Crippen molar-refractivity contribution in [1.82, 2.24) is 0 Å². The zero-order valence-electron chi connectivity index (χ0n) is 14.1. The fourth-order valence-electron chi connectivity index (χ4n) is 1.74. The number of hydrogen-bond acceptors (Lipinski definition) is 3. The van der Waals surface area contributed by atoms with E-state index in [1.807, 2.05) is 0 Å². The molecule has 0 saturated heterocycles. The second kappa shape index (κ2) is 23.7.